The Morgan fingerprint density at radius 2 is 1.75 bits per heavy atom. The molecule has 0 spiro atoms. The summed E-state index contributed by atoms with van der Waals surface area (Å²) in [6.45, 7) is 7.07. The first-order valence-electron chi connectivity index (χ1n) is 9.06. The van der Waals surface area contributed by atoms with E-state index in [-0.39, 0.29) is 24.4 Å². The van der Waals surface area contributed by atoms with Gasteiger partial charge in [0, 0.05) is 26.2 Å². The standard InChI is InChI=1S/C19H28N2O6S/c1-13-6-8-16(9-7-13)28(25,26)20(5)15-10-14(17(22)23)11-21(12-15)18(24)27-19(2,3)4/h6-9,14-15H,10-12H2,1-5H3,(H,22,23)/t14-,15+/m0/s1. The molecule has 2 atom stereocenters. The van der Waals surface area contributed by atoms with Crippen LogP contribution >= 0.6 is 0 Å². The van der Waals surface area contributed by atoms with Gasteiger partial charge >= 0.3 is 12.1 Å². The molecule has 1 aromatic rings. The molecule has 1 saturated heterocycles. The Labute approximate surface area is 166 Å². The van der Waals surface area contributed by atoms with Crippen molar-refractivity contribution in [1.29, 1.82) is 0 Å². The monoisotopic (exact) mass is 412 g/mol. The molecule has 1 aliphatic rings. The number of ether oxygens (including phenoxy) is 1. The van der Waals surface area contributed by atoms with E-state index in [1.807, 2.05) is 6.92 Å². The number of benzene rings is 1. The Morgan fingerprint density at radius 1 is 1.18 bits per heavy atom. The van der Waals surface area contributed by atoms with Crippen LogP contribution in [0.3, 0.4) is 0 Å². The number of nitrogens with zero attached hydrogens (tertiary/aromatic N) is 2. The maximum Gasteiger partial charge on any atom is 0.410 e. The summed E-state index contributed by atoms with van der Waals surface area (Å²) in [5.74, 6) is -1.94. The number of carbonyl (C=O) groups excluding carboxylic acids is 1. The van der Waals surface area contributed by atoms with Gasteiger partial charge in [-0.1, -0.05) is 17.7 Å². The largest absolute Gasteiger partial charge is 0.481 e. The van der Waals surface area contributed by atoms with Crippen molar-refractivity contribution in [2.75, 3.05) is 20.1 Å². The lowest BCUT2D eigenvalue weighted by molar-refractivity contribution is -0.144. The average Bonchev–Trinajstić information content (AvgIpc) is 2.59. The summed E-state index contributed by atoms with van der Waals surface area (Å²) in [6.07, 6.45) is -0.527. The summed E-state index contributed by atoms with van der Waals surface area (Å²) in [4.78, 5) is 25.4. The van der Waals surface area contributed by atoms with Crippen molar-refractivity contribution in [2.24, 2.45) is 5.92 Å². The van der Waals surface area contributed by atoms with E-state index in [0.717, 1.165) is 9.87 Å². The van der Waals surface area contributed by atoms with Crippen molar-refractivity contribution in [3.8, 4) is 0 Å². The molecule has 0 unspecified atom stereocenters. The molecule has 0 saturated carbocycles. The Hall–Kier alpha value is -2.13. The minimum Gasteiger partial charge on any atom is -0.481 e. The van der Waals surface area contributed by atoms with Crippen molar-refractivity contribution in [3.05, 3.63) is 29.8 Å². The fourth-order valence-electron chi connectivity index (χ4n) is 3.06. The summed E-state index contributed by atoms with van der Waals surface area (Å²) in [7, 11) is -2.41. The van der Waals surface area contributed by atoms with E-state index in [1.54, 1.807) is 32.9 Å². The van der Waals surface area contributed by atoms with E-state index in [2.05, 4.69) is 0 Å². The molecule has 1 N–H and O–H groups in total. The lowest BCUT2D eigenvalue weighted by Gasteiger charge is -2.40. The maximum absolute atomic E-state index is 13.0. The Morgan fingerprint density at radius 3 is 2.25 bits per heavy atom. The van der Waals surface area contributed by atoms with Crippen molar-refractivity contribution in [3.63, 3.8) is 0 Å². The lowest BCUT2D eigenvalue weighted by atomic mass is 9.94. The molecule has 0 radical (unpaired) electrons. The summed E-state index contributed by atoms with van der Waals surface area (Å²) < 4.78 is 32.4. The van der Waals surface area contributed by atoms with E-state index in [1.165, 1.54) is 24.1 Å². The fraction of sp³-hybridized carbons (Fsp3) is 0.579. The van der Waals surface area contributed by atoms with Gasteiger partial charge in [0.25, 0.3) is 0 Å². The number of likely N-dealkylation sites (N-methyl/N-ethyl adjacent to an activating group) is 1. The first-order chi connectivity index (χ1) is 12.8. The zero-order chi connectivity index (χ0) is 21.3. The zero-order valence-electron chi connectivity index (χ0n) is 16.9. The van der Waals surface area contributed by atoms with Crippen LogP contribution in [0.4, 0.5) is 4.79 Å². The maximum atomic E-state index is 13.0. The number of amides is 1. The van der Waals surface area contributed by atoms with Crippen LogP contribution in [0.1, 0.15) is 32.8 Å². The number of carboxylic acid groups (broad SMARTS) is 1. The number of likely N-dealkylation sites (tertiary alicyclic amines) is 1. The molecule has 0 bridgehead atoms. The van der Waals surface area contributed by atoms with E-state index >= 15 is 0 Å². The number of rotatable bonds is 4. The second-order valence-electron chi connectivity index (χ2n) is 8.14. The molecular formula is C19H28N2O6S. The zero-order valence-corrected chi connectivity index (χ0v) is 17.7. The van der Waals surface area contributed by atoms with E-state index in [4.69, 9.17) is 4.74 Å². The van der Waals surface area contributed by atoms with Gasteiger partial charge in [0.15, 0.2) is 0 Å². The van der Waals surface area contributed by atoms with Crippen LogP contribution in [0.25, 0.3) is 0 Å². The third-order valence-electron chi connectivity index (χ3n) is 4.64. The summed E-state index contributed by atoms with van der Waals surface area (Å²) in [5, 5.41) is 9.47. The smallest absolute Gasteiger partial charge is 0.410 e. The van der Waals surface area contributed by atoms with Crippen LogP contribution in [0.2, 0.25) is 0 Å². The number of carboxylic acids is 1. The lowest BCUT2D eigenvalue weighted by Crippen LogP contribution is -2.55. The van der Waals surface area contributed by atoms with Gasteiger partial charge in [-0.3, -0.25) is 4.79 Å². The molecule has 1 aliphatic heterocycles. The molecule has 9 heteroatoms. The van der Waals surface area contributed by atoms with Crippen molar-refractivity contribution >= 4 is 22.1 Å². The third kappa shape index (κ3) is 5.23. The number of piperidine rings is 1. The molecule has 1 fully saturated rings. The van der Waals surface area contributed by atoms with Crippen LogP contribution in [0, 0.1) is 12.8 Å². The van der Waals surface area contributed by atoms with Gasteiger partial charge in [-0.05, 0) is 46.2 Å². The number of hydrogen-bond donors (Lipinski definition) is 1. The third-order valence-corrected chi connectivity index (χ3v) is 6.57. The number of aliphatic carboxylic acids is 1. The highest BCUT2D eigenvalue weighted by atomic mass is 32.2. The molecule has 156 valence electrons. The molecular weight excluding hydrogens is 384 g/mol. The predicted molar refractivity (Wildman–Crippen MR) is 103 cm³/mol. The van der Waals surface area contributed by atoms with Crippen LogP contribution < -0.4 is 0 Å². The predicted octanol–water partition coefficient (Wildman–Crippen LogP) is 2.33. The molecule has 0 aliphatic carbocycles. The number of carbonyl (C=O) groups is 2. The molecule has 28 heavy (non-hydrogen) atoms. The van der Waals surface area contributed by atoms with Gasteiger partial charge in [-0.25, -0.2) is 13.2 Å². The van der Waals surface area contributed by atoms with Crippen LogP contribution in [-0.4, -0.2) is 66.6 Å². The summed E-state index contributed by atoms with van der Waals surface area (Å²) >= 11 is 0. The van der Waals surface area contributed by atoms with Crippen LogP contribution in [-0.2, 0) is 19.6 Å². The Kier molecular flexibility index (Phi) is 6.40. The highest BCUT2D eigenvalue weighted by molar-refractivity contribution is 7.89. The fourth-order valence-corrected chi connectivity index (χ4v) is 4.42. The second kappa shape index (κ2) is 8.08. The van der Waals surface area contributed by atoms with Gasteiger partial charge in [-0.2, -0.15) is 4.31 Å². The number of sulfonamides is 1. The Balaban J connectivity index is 2.27. The first-order valence-corrected chi connectivity index (χ1v) is 10.5. The highest BCUT2D eigenvalue weighted by Crippen LogP contribution is 2.26. The molecule has 1 amide bonds. The van der Waals surface area contributed by atoms with Gasteiger partial charge in [-0.15, -0.1) is 0 Å². The van der Waals surface area contributed by atoms with Gasteiger partial charge in [0.1, 0.15) is 5.60 Å². The molecule has 8 nitrogen and oxygen atoms in total. The number of aryl methyl sites for hydroxylation is 1. The van der Waals surface area contributed by atoms with Gasteiger partial charge < -0.3 is 14.7 Å². The van der Waals surface area contributed by atoms with Gasteiger partial charge in [0.2, 0.25) is 10.0 Å². The van der Waals surface area contributed by atoms with Crippen molar-refractivity contribution < 1.29 is 27.9 Å². The van der Waals surface area contributed by atoms with E-state index in [9.17, 15) is 23.1 Å². The molecule has 1 aromatic carbocycles. The minimum absolute atomic E-state index is 0.0147. The summed E-state index contributed by atoms with van der Waals surface area (Å²) in [5.41, 5.74) is 0.198. The quantitative estimate of drug-likeness (QED) is 0.814. The number of hydrogen-bond acceptors (Lipinski definition) is 5. The topological polar surface area (TPSA) is 104 Å². The molecule has 2 rings (SSSR count). The Bertz CT molecular complexity index is 829. The molecule has 0 aromatic heterocycles. The SMILES string of the molecule is Cc1ccc(S(=O)(=O)N(C)[C@@H]2C[C@H](C(=O)O)CN(C(=O)OC(C)(C)C)C2)cc1. The van der Waals surface area contributed by atoms with Crippen LogP contribution in [0.15, 0.2) is 29.2 Å². The highest BCUT2D eigenvalue weighted by Gasteiger charge is 2.40. The van der Waals surface area contributed by atoms with Crippen molar-refractivity contribution in [1.82, 2.24) is 9.21 Å². The normalized spacial score (nSPS) is 20.9. The van der Waals surface area contributed by atoms with Crippen molar-refractivity contribution in [2.45, 2.75) is 50.7 Å². The van der Waals surface area contributed by atoms with Crippen LogP contribution in [0.5, 0.6) is 0 Å². The second-order valence-corrected chi connectivity index (χ2v) is 10.1. The first kappa shape index (κ1) is 22.2. The minimum atomic E-state index is -3.83. The van der Waals surface area contributed by atoms with Gasteiger partial charge in [0.05, 0.1) is 10.8 Å². The van der Waals surface area contributed by atoms with E-state index < -0.39 is 39.6 Å². The van der Waals surface area contributed by atoms with E-state index in [0.29, 0.717) is 0 Å². The summed E-state index contributed by atoms with van der Waals surface area (Å²) in [6, 6.07) is 5.77. The molecule has 1 heterocycles. The average molecular weight is 413 g/mol.